The topological polar surface area (TPSA) is 84.3 Å². The molecule has 1 aliphatic heterocycles. The van der Waals surface area contributed by atoms with Crippen molar-refractivity contribution < 1.29 is 9.72 Å². The molecule has 0 spiro atoms. The van der Waals surface area contributed by atoms with Gasteiger partial charge < -0.3 is 10.6 Å². The number of amides is 1. The van der Waals surface area contributed by atoms with Crippen LogP contribution in [0.15, 0.2) is 18.2 Å². The molecule has 0 saturated carbocycles. The van der Waals surface area contributed by atoms with Gasteiger partial charge in [0, 0.05) is 42.2 Å². The number of rotatable bonds is 5. The molecule has 19 heavy (non-hydrogen) atoms. The lowest BCUT2D eigenvalue weighted by atomic mass is 10.1. The summed E-state index contributed by atoms with van der Waals surface area (Å²) in [4.78, 5) is 21.5. The van der Waals surface area contributed by atoms with Crippen LogP contribution in [-0.4, -0.2) is 23.4 Å². The second-order valence-electron chi connectivity index (χ2n) is 4.46. The molecule has 1 atom stereocenters. The van der Waals surface area contributed by atoms with Gasteiger partial charge in [-0.15, -0.1) is 0 Å². The van der Waals surface area contributed by atoms with Crippen LogP contribution >= 0.6 is 11.6 Å². The summed E-state index contributed by atoms with van der Waals surface area (Å²) >= 11 is 5.84. The van der Waals surface area contributed by atoms with Gasteiger partial charge in [-0.05, 0) is 18.6 Å². The van der Waals surface area contributed by atoms with E-state index in [1.807, 2.05) is 0 Å². The second-order valence-corrected chi connectivity index (χ2v) is 4.90. The molecule has 1 aromatic rings. The summed E-state index contributed by atoms with van der Waals surface area (Å²) in [5, 5.41) is 17.3. The predicted octanol–water partition coefficient (Wildman–Crippen LogP) is 1.62. The number of nitro groups is 1. The van der Waals surface area contributed by atoms with Gasteiger partial charge in [-0.2, -0.15) is 0 Å². The van der Waals surface area contributed by atoms with Crippen LogP contribution in [0, 0.1) is 10.1 Å². The molecule has 1 aromatic carbocycles. The Balaban J connectivity index is 1.93. The molecule has 1 fully saturated rings. The van der Waals surface area contributed by atoms with Crippen LogP contribution in [0.3, 0.4) is 0 Å². The Hall–Kier alpha value is -1.66. The molecule has 1 heterocycles. The van der Waals surface area contributed by atoms with Gasteiger partial charge >= 0.3 is 0 Å². The second kappa shape index (κ2) is 5.99. The maximum Gasteiger partial charge on any atom is 0.273 e. The molecule has 1 unspecified atom stereocenters. The summed E-state index contributed by atoms with van der Waals surface area (Å²) in [7, 11) is 0. The molecule has 0 radical (unpaired) electrons. The van der Waals surface area contributed by atoms with Crippen LogP contribution in [0.25, 0.3) is 0 Å². The van der Waals surface area contributed by atoms with E-state index < -0.39 is 4.92 Å². The SMILES string of the molecule is O=C1CCC(CNCc2cc(Cl)ccc2[N+](=O)[O-])N1. The number of benzene rings is 1. The third kappa shape index (κ3) is 3.65. The molecule has 0 aromatic heterocycles. The van der Waals surface area contributed by atoms with Crippen molar-refractivity contribution in [2.45, 2.75) is 25.4 Å². The van der Waals surface area contributed by atoms with Crippen LogP contribution in [0.2, 0.25) is 5.02 Å². The average Bonchev–Trinajstić information content (AvgIpc) is 2.75. The van der Waals surface area contributed by atoms with Crippen molar-refractivity contribution in [1.29, 1.82) is 0 Å². The highest BCUT2D eigenvalue weighted by atomic mass is 35.5. The van der Waals surface area contributed by atoms with Crippen molar-refractivity contribution in [3.8, 4) is 0 Å². The minimum atomic E-state index is -0.426. The van der Waals surface area contributed by atoms with E-state index in [1.165, 1.54) is 12.1 Å². The van der Waals surface area contributed by atoms with Crippen molar-refractivity contribution in [3.05, 3.63) is 38.9 Å². The predicted molar refractivity (Wildman–Crippen MR) is 71.0 cm³/mol. The number of carbonyl (C=O) groups excluding carboxylic acids is 1. The van der Waals surface area contributed by atoms with E-state index in [1.54, 1.807) is 6.07 Å². The van der Waals surface area contributed by atoms with Crippen LogP contribution in [-0.2, 0) is 11.3 Å². The van der Waals surface area contributed by atoms with Gasteiger partial charge in [0.1, 0.15) is 0 Å². The average molecular weight is 284 g/mol. The Morgan fingerprint density at radius 2 is 2.32 bits per heavy atom. The van der Waals surface area contributed by atoms with Crippen molar-refractivity contribution in [3.63, 3.8) is 0 Å². The van der Waals surface area contributed by atoms with Gasteiger partial charge in [-0.3, -0.25) is 14.9 Å². The van der Waals surface area contributed by atoms with Crippen LogP contribution in [0.4, 0.5) is 5.69 Å². The van der Waals surface area contributed by atoms with E-state index in [9.17, 15) is 14.9 Å². The number of hydrogen-bond acceptors (Lipinski definition) is 4. The van der Waals surface area contributed by atoms with E-state index in [2.05, 4.69) is 10.6 Å². The van der Waals surface area contributed by atoms with E-state index in [0.29, 0.717) is 30.1 Å². The third-order valence-electron chi connectivity index (χ3n) is 3.03. The molecule has 1 amide bonds. The molecular weight excluding hydrogens is 270 g/mol. The van der Waals surface area contributed by atoms with Crippen LogP contribution in [0.1, 0.15) is 18.4 Å². The minimum absolute atomic E-state index is 0.0485. The highest BCUT2D eigenvalue weighted by Crippen LogP contribution is 2.22. The van der Waals surface area contributed by atoms with E-state index in [-0.39, 0.29) is 17.6 Å². The molecule has 1 aliphatic rings. The Labute approximate surface area is 115 Å². The fourth-order valence-electron chi connectivity index (χ4n) is 2.09. The van der Waals surface area contributed by atoms with Crippen molar-refractivity contribution in [2.24, 2.45) is 0 Å². The summed E-state index contributed by atoms with van der Waals surface area (Å²) in [6.07, 6.45) is 1.34. The van der Waals surface area contributed by atoms with Gasteiger partial charge in [0.15, 0.2) is 0 Å². The molecular formula is C12H14ClN3O3. The van der Waals surface area contributed by atoms with E-state index >= 15 is 0 Å². The van der Waals surface area contributed by atoms with Gasteiger partial charge in [-0.25, -0.2) is 0 Å². The Kier molecular flexibility index (Phi) is 4.34. The zero-order valence-electron chi connectivity index (χ0n) is 10.2. The van der Waals surface area contributed by atoms with Crippen molar-refractivity contribution >= 4 is 23.2 Å². The molecule has 0 aliphatic carbocycles. The smallest absolute Gasteiger partial charge is 0.273 e. The molecule has 2 N–H and O–H groups in total. The maximum absolute atomic E-state index is 11.0. The first-order valence-corrected chi connectivity index (χ1v) is 6.37. The number of carbonyl (C=O) groups is 1. The fraction of sp³-hybridized carbons (Fsp3) is 0.417. The van der Waals surface area contributed by atoms with Gasteiger partial charge in [0.2, 0.25) is 5.91 Å². The normalized spacial score (nSPS) is 18.4. The monoisotopic (exact) mass is 283 g/mol. The number of nitrogens with one attached hydrogen (secondary N) is 2. The van der Waals surface area contributed by atoms with Gasteiger partial charge in [0.25, 0.3) is 5.69 Å². The third-order valence-corrected chi connectivity index (χ3v) is 3.26. The van der Waals surface area contributed by atoms with Gasteiger partial charge in [0.05, 0.1) is 4.92 Å². The summed E-state index contributed by atoms with van der Waals surface area (Å²) in [5.41, 5.74) is 0.592. The van der Waals surface area contributed by atoms with Crippen LogP contribution in [0.5, 0.6) is 0 Å². The number of hydrogen-bond donors (Lipinski definition) is 2. The molecule has 102 valence electrons. The Morgan fingerprint density at radius 3 is 2.95 bits per heavy atom. The van der Waals surface area contributed by atoms with Crippen molar-refractivity contribution in [1.82, 2.24) is 10.6 Å². The Bertz CT molecular complexity index is 507. The van der Waals surface area contributed by atoms with E-state index in [4.69, 9.17) is 11.6 Å². The molecule has 7 heteroatoms. The van der Waals surface area contributed by atoms with Crippen LogP contribution < -0.4 is 10.6 Å². The molecule has 6 nitrogen and oxygen atoms in total. The number of nitrogens with zero attached hydrogens (tertiary/aromatic N) is 1. The summed E-state index contributed by atoms with van der Waals surface area (Å²) in [6, 6.07) is 4.59. The number of halogens is 1. The highest BCUT2D eigenvalue weighted by Gasteiger charge is 2.20. The lowest BCUT2D eigenvalue weighted by Gasteiger charge is -2.11. The first kappa shape index (κ1) is 13.8. The maximum atomic E-state index is 11.0. The summed E-state index contributed by atoms with van der Waals surface area (Å²) in [5.74, 6) is 0.0561. The standard InChI is InChI=1S/C12H14ClN3O3/c13-9-1-3-11(16(18)19)8(5-9)6-14-7-10-2-4-12(17)15-10/h1,3,5,10,14H,2,4,6-7H2,(H,15,17). The molecule has 2 rings (SSSR count). The van der Waals surface area contributed by atoms with Crippen molar-refractivity contribution in [2.75, 3.05) is 6.54 Å². The highest BCUT2D eigenvalue weighted by molar-refractivity contribution is 6.30. The van der Waals surface area contributed by atoms with Gasteiger partial charge in [-0.1, -0.05) is 11.6 Å². The molecule has 0 bridgehead atoms. The largest absolute Gasteiger partial charge is 0.352 e. The summed E-state index contributed by atoms with van der Waals surface area (Å²) in [6.45, 7) is 0.943. The molecule has 1 saturated heterocycles. The number of nitro benzene ring substituents is 1. The first-order valence-electron chi connectivity index (χ1n) is 5.99. The first-order chi connectivity index (χ1) is 9.06. The fourth-order valence-corrected chi connectivity index (χ4v) is 2.28. The lowest BCUT2D eigenvalue weighted by Crippen LogP contribution is -2.35. The zero-order valence-corrected chi connectivity index (χ0v) is 10.9. The Morgan fingerprint density at radius 1 is 1.53 bits per heavy atom. The zero-order chi connectivity index (χ0) is 13.8. The minimum Gasteiger partial charge on any atom is -0.352 e. The summed E-state index contributed by atoms with van der Waals surface area (Å²) < 4.78 is 0. The van der Waals surface area contributed by atoms with E-state index in [0.717, 1.165) is 6.42 Å². The quantitative estimate of drug-likeness (QED) is 0.635. The lowest BCUT2D eigenvalue weighted by molar-refractivity contribution is -0.385.